The first-order valence-electron chi connectivity index (χ1n) is 7.12. The summed E-state index contributed by atoms with van der Waals surface area (Å²) in [4.78, 5) is 14.3. The lowest BCUT2D eigenvalue weighted by molar-refractivity contribution is -0.274. The molecule has 1 aromatic carbocycles. The van der Waals surface area contributed by atoms with Crippen molar-refractivity contribution < 1.29 is 22.7 Å². The Balaban J connectivity index is 1.87. The van der Waals surface area contributed by atoms with E-state index >= 15 is 0 Å². The molecule has 3 rings (SSSR count). The van der Waals surface area contributed by atoms with Gasteiger partial charge in [-0.2, -0.15) is 0 Å². The van der Waals surface area contributed by atoms with Gasteiger partial charge in [-0.1, -0.05) is 0 Å². The van der Waals surface area contributed by atoms with Crippen LogP contribution in [0.5, 0.6) is 5.75 Å². The molecule has 0 aromatic heterocycles. The fourth-order valence-electron chi connectivity index (χ4n) is 2.91. The number of fused-ring (bicyclic) bond motifs is 1. The summed E-state index contributed by atoms with van der Waals surface area (Å²) < 4.78 is 39.8. The lowest BCUT2D eigenvalue weighted by atomic mass is 9.98. The number of rotatable bonds is 2. The van der Waals surface area contributed by atoms with Crippen LogP contribution in [0.25, 0.3) is 0 Å². The first-order chi connectivity index (χ1) is 10.5. The number of hydrogen-bond acceptors (Lipinski definition) is 2. The van der Waals surface area contributed by atoms with Gasteiger partial charge in [0.15, 0.2) is 0 Å². The molecule has 3 nitrogen and oxygen atoms in total. The van der Waals surface area contributed by atoms with Crippen LogP contribution in [0.2, 0.25) is 0 Å². The second-order valence-corrected chi connectivity index (χ2v) is 7.60. The maximum atomic E-state index is 12.7. The molecule has 2 aliphatic rings. The van der Waals surface area contributed by atoms with E-state index in [1.54, 1.807) is 11.8 Å². The van der Waals surface area contributed by atoms with Crippen molar-refractivity contribution in [1.29, 1.82) is 0 Å². The average Bonchev–Trinajstić information content (AvgIpc) is 2.95. The molecule has 1 atom stereocenters. The first-order valence-corrected chi connectivity index (χ1v) is 7.88. The molecule has 1 heterocycles. The van der Waals surface area contributed by atoms with Crippen LogP contribution in [-0.2, 0) is 11.2 Å². The maximum Gasteiger partial charge on any atom is 0.573 e. The second kappa shape index (κ2) is 5.18. The van der Waals surface area contributed by atoms with Crippen LogP contribution in [0.4, 0.5) is 18.9 Å². The number of aryl methyl sites for hydroxylation is 1. The summed E-state index contributed by atoms with van der Waals surface area (Å²) in [5, 5.41) is 0. The predicted molar refractivity (Wildman–Crippen MR) is 81.0 cm³/mol. The van der Waals surface area contributed by atoms with Gasteiger partial charge in [0.2, 0.25) is 5.91 Å². The summed E-state index contributed by atoms with van der Waals surface area (Å²) in [7, 11) is 0. The molecule has 1 fully saturated rings. The molecule has 1 aliphatic heterocycles. The zero-order chi connectivity index (χ0) is 17.0. The number of halogens is 5. The van der Waals surface area contributed by atoms with Gasteiger partial charge in [0.1, 0.15) is 10.1 Å². The third-order valence-corrected chi connectivity index (χ3v) is 5.48. The standard InChI is InChI=1S/C15H14Cl2F3NO2/c1-13(8-14(13,16)17)12(22)21-6-2-3-9-7-10(4-5-11(9)21)23-15(18,19)20/h4-5,7H,2-3,6,8H2,1H3. The highest BCUT2D eigenvalue weighted by Gasteiger charge is 2.69. The Labute approximate surface area is 141 Å². The quantitative estimate of drug-likeness (QED) is 0.722. The Bertz CT molecular complexity index is 663. The van der Waals surface area contributed by atoms with Crippen LogP contribution in [0.15, 0.2) is 18.2 Å². The van der Waals surface area contributed by atoms with Crippen LogP contribution in [-0.4, -0.2) is 23.1 Å². The molecule has 0 N–H and O–H groups in total. The van der Waals surface area contributed by atoms with Crippen LogP contribution in [0, 0.1) is 5.41 Å². The van der Waals surface area contributed by atoms with Gasteiger partial charge in [0.25, 0.3) is 0 Å². The molecule has 8 heteroatoms. The Morgan fingerprint density at radius 3 is 2.57 bits per heavy atom. The number of hydrogen-bond donors (Lipinski definition) is 0. The number of benzene rings is 1. The topological polar surface area (TPSA) is 29.5 Å². The lowest BCUT2D eigenvalue weighted by Gasteiger charge is -2.32. The third kappa shape index (κ3) is 2.98. The molecule has 1 aliphatic carbocycles. The zero-order valence-electron chi connectivity index (χ0n) is 12.2. The zero-order valence-corrected chi connectivity index (χ0v) is 13.7. The summed E-state index contributed by atoms with van der Waals surface area (Å²) in [5.41, 5.74) is 0.379. The molecular formula is C15H14Cl2F3NO2. The van der Waals surface area contributed by atoms with Gasteiger partial charge in [0.05, 0.1) is 5.41 Å². The molecule has 0 saturated heterocycles. The number of alkyl halides is 5. The van der Waals surface area contributed by atoms with Crippen molar-refractivity contribution >= 4 is 34.8 Å². The van der Waals surface area contributed by atoms with Gasteiger partial charge < -0.3 is 9.64 Å². The van der Waals surface area contributed by atoms with Crippen molar-refractivity contribution in [3.05, 3.63) is 23.8 Å². The molecule has 0 spiro atoms. The first kappa shape index (κ1) is 16.7. The second-order valence-electron chi connectivity index (χ2n) is 6.11. The summed E-state index contributed by atoms with van der Waals surface area (Å²) in [6.45, 7) is 2.19. The Hall–Kier alpha value is -1.14. The van der Waals surface area contributed by atoms with E-state index < -0.39 is 16.1 Å². The van der Waals surface area contributed by atoms with Crippen LogP contribution >= 0.6 is 23.2 Å². The number of anilines is 1. The van der Waals surface area contributed by atoms with Gasteiger partial charge in [-0.25, -0.2) is 0 Å². The summed E-state index contributed by atoms with van der Waals surface area (Å²) >= 11 is 12.1. The van der Waals surface area contributed by atoms with Crippen molar-refractivity contribution in [3.8, 4) is 5.75 Å². The minimum absolute atomic E-state index is 0.201. The normalized spacial score (nSPS) is 25.7. The summed E-state index contributed by atoms with van der Waals surface area (Å²) in [6.07, 6.45) is -3.14. The largest absolute Gasteiger partial charge is 0.573 e. The Kier molecular flexibility index (Phi) is 3.76. The van der Waals surface area contributed by atoms with Crippen molar-refractivity contribution in [2.24, 2.45) is 5.41 Å². The summed E-state index contributed by atoms with van der Waals surface area (Å²) in [5.74, 6) is -0.486. The average molecular weight is 368 g/mol. The molecule has 1 aromatic rings. The number of ether oxygens (including phenoxy) is 1. The molecular weight excluding hydrogens is 354 g/mol. The predicted octanol–water partition coefficient (Wildman–Crippen LogP) is 4.45. The van der Waals surface area contributed by atoms with Crippen molar-refractivity contribution in [2.75, 3.05) is 11.4 Å². The van der Waals surface area contributed by atoms with E-state index in [2.05, 4.69) is 4.74 Å². The van der Waals surface area contributed by atoms with E-state index in [0.717, 1.165) is 0 Å². The molecule has 0 bridgehead atoms. The van der Waals surface area contributed by atoms with Crippen molar-refractivity contribution in [3.63, 3.8) is 0 Å². The molecule has 1 unspecified atom stereocenters. The highest BCUT2D eigenvalue weighted by Crippen LogP contribution is 2.64. The van der Waals surface area contributed by atoms with Crippen LogP contribution < -0.4 is 9.64 Å². The van der Waals surface area contributed by atoms with Crippen molar-refractivity contribution in [1.82, 2.24) is 0 Å². The van der Waals surface area contributed by atoms with Gasteiger partial charge >= 0.3 is 6.36 Å². The molecule has 1 amide bonds. The lowest BCUT2D eigenvalue weighted by Crippen LogP contribution is -2.41. The molecule has 0 radical (unpaired) electrons. The highest BCUT2D eigenvalue weighted by atomic mass is 35.5. The van der Waals surface area contributed by atoms with E-state index in [9.17, 15) is 18.0 Å². The van der Waals surface area contributed by atoms with Gasteiger partial charge in [-0.15, -0.1) is 36.4 Å². The fraction of sp³-hybridized carbons (Fsp3) is 0.533. The fourth-order valence-corrected chi connectivity index (χ4v) is 3.61. The van der Waals surface area contributed by atoms with E-state index in [4.69, 9.17) is 23.2 Å². The van der Waals surface area contributed by atoms with Crippen LogP contribution in [0.1, 0.15) is 25.3 Å². The number of carbonyl (C=O) groups is 1. The molecule has 126 valence electrons. The Morgan fingerprint density at radius 1 is 1.35 bits per heavy atom. The number of nitrogens with zero attached hydrogens (tertiary/aromatic N) is 1. The minimum Gasteiger partial charge on any atom is -0.406 e. The van der Waals surface area contributed by atoms with E-state index in [1.165, 1.54) is 18.2 Å². The molecule has 23 heavy (non-hydrogen) atoms. The SMILES string of the molecule is CC1(C(=O)N2CCCc3cc(OC(F)(F)F)ccc32)CC1(Cl)Cl. The van der Waals surface area contributed by atoms with Gasteiger partial charge in [-0.05, 0) is 49.9 Å². The summed E-state index contributed by atoms with van der Waals surface area (Å²) in [6, 6.07) is 4.01. The number of carbonyl (C=O) groups excluding carboxylic acids is 1. The highest BCUT2D eigenvalue weighted by molar-refractivity contribution is 6.53. The van der Waals surface area contributed by atoms with Gasteiger partial charge in [0, 0.05) is 12.2 Å². The monoisotopic (exact) mass is 367 g/mol. The van der Waals surface area contributed by atoms with Crippen LogP contribution in [0.3, 0.4) is 0 Å². The number of amides is 1. The molecule has 1 saturated carbocycles. The van der Waals surface area contributed by atoms with E-state index in [0.29, 0.717) is 37.1 Å². The Morgan fingerprint density at radius 2 is 2.00 bits per heavy atom. The minimum atomic E-state index is -4.74. The van der Waals surface area contributed by atoms with E-state index in [-0.39, 0.29) is 11.7 Å². The van der Waals surface area contributed by atoms with E-state index in [1.807, 2.05) is 0 Å². The van der Waals surface area contributed by atoms with Crippen molar-refractivity contribution in [2.45, 2.75) is 36.9 Å². The smallest absolute Gasteiger partial charge is 0.406 e. The third-order valence-electron chi connectivity index (χ3n) is 4.38. The van der Waals surface area contributed by atoms with Gasteiger partial charge in [-0.3, -0.25) is 4.79 Å². The maximum absolute atomic E-state index is 12.7.